The van der Waals surface area contributed by atoms with E-state index in [1.54, 1.807) is 81.4 Å². The zero-order chi connectivity index (χ0) is 47.2. The van der Waals surface area contributed by atoms with Crippen molar-refractivity contribution in [3.63, 3.8) is 0 Å². The molecule has 0 aromatic heterocycles. The van der Waals surface area contributed by atoms with Crippen LogP contribution in [0.25, 0.3) is 0 Å². The number of amides is 8. The molecule has 352 valence electrons. The Hall–Kier alpha value is -6.01. The third kappa shape index (κ3) is 14.8. The van der Waals surface area contributed by atoms with Gasteiger partial charge in [0, 0.05) is 46.1 Å². The van der Waals surface area contributed by atoms with Crippen molar-refractivity contribution in [3.8, 4) is 0 Å². The molecule has 0 aliphatic carbocycles. The van der Waals surface area contributed by atoms with E-state index < -0.39 is 89.5 Å². The van der Waals surface area contributed by atoms with Crippen LogP contribution in [0.1, 0.15) is 77.8 Å². The van der Waals surface area contributed by atoms with E-state index in [0.717, 1.165) is 4.90 Å². The van der Waals surface area contributed by atoms with E-state index in [4.69, 9.17) is 4.74 Å². The molecule has 2 aliphatic rings. The first-order valence-corrected chi connectivity index (χ1v) is 21.7. The highest BCUT2D eigenvalue weighted by atomic mass is 19.3. The Morgan fingerprint density at radius 1 is 0.734 bits per heavy atom. The van der Waals surface area contributed by atoms with Crippen molar-refractivity contribution in [1.29, 1.82) is 0 Å². The Bertz CT molecular complexity index is 1930. The highest BCUT2D eigenvalue weighted by molar-refractivity contribution is 5.95. The normalized spacial score (nSPS) is 17.1. The number of alkyl halides is 2. The predicted octanol–water partition coefficient (Wildman–Crippen LogP) is 3.81. The minimum Gasteiger partial charge on any atom is -0.465 e. The van der Waals surface area contributed by atoms with Crippen LogP contribution in [0.3, 0.4) is 0 Å². The van der Waals surface area contributed by atoms with E-state index in [-0.39, 0.29) is 70.6 Å². The van der Waals surface area contributed by atoms with E-state index in [9.17, 15) is 38.7 Å². The number of nitrogens with one attached hydrogen (secondary N) is 6. The van der Waals surface area contributed by atoms with Crippen molar-refractivity contribution in [3.05, 3.63) is 71.8 Å². The van der Waals surface area contributed by atoms with Gasteiger partial charge in [-0.2, -0.15) is 0 Å². The van der Waals surface area contributed by atoms with Gasteiger partial charge in [-0.3, -0.25) is 19.2 Å². The number of urea groups is 1. The predicted molar refractivity (Wildman–Crippen MR) is 233 cm³/mol. The lowest BCUT2D eigenvalue weighted by molar-refractivity contribution is -0.215. The largest absolute Gasteiger partial charge is 0.465 e. The van der Waals surface area contributed by atoms with Gasteiger partial charge in [-0.25, -0.2) is 23.2 Å². The average Bonchev–Trinajstić information content (AvgIpc) is 3.20. The summed E-state index contributed by atoms with van der Waals surface area (Å²) in [6, 6.07) is 11.9. The lowest BCUT2D eigenvalue weighted by Crippen LogP contribution is -2.72. The van der Waals surface area contributed by atoms with Crippen LogP contribution in [-0.2, 0) is 36.8 Å². The number of carbonyl (C=O) groups excluding carboxylic acids is 6. The molecule has 0 bridgehead atoms. The summed E-state index contributed by atoms with van der Waals surface area (Å²) < 4.78 is 37.0. The zero-order valence-corrected chi connectivity index (χ0v) is 37.5. The highest BCUT2D eigenvalue weighted by Gasteiger charge is 2.64. The standard InChI is InChI=1S/C45H64F2N8O9/c1-29(2)23-33(51-37(57)34(24-30-15-9-7-10-16-30)52-38(58)35(53-41(61)62)25-31-17-11-8-12-18-31)36(56)50-32(19-13-14-21-49-42(63)64-43(3,4)5)39(59)54-22-20-44(45(46,47)28-54)26-55(27-44)40(60)48-6/h7-12,15-18,29,32-35,53H,13-14,19-28H2,1-6H3,(H,48,60)(H,49,63)(H,50,56)(H,51,57)(H,52,58)(H,61,62)/t32-,33-,34-,35-/m1/s1. The van der Waals surface area contributed by atoms with Gasteiger partial charge >= 0.3 is 18.2 Å². The fourth-order valence-electron chi connectivity index (χ4n) is 7.82. The van der Waals surface area contributed by atoms with Crippen LogP contribution in [0, 0.1) is 11.3 Å². The average molecular weight is 899 g/mol. The number of ether oxygens (including phenoxy) is 1. The summed E-state index contributed by atoms with van der Waals surface area (Å²) >= 11 is 0. The lowest BCUT2D eigenvalue weighted by atomic mass is 9.69. The summed E-state index contributed by atoms with van der Waals surface area (Å²) in [5.74, 6) is -6.55. The Morgan fingerprint density at radius 3 is 1.75 bits per heavy atom. The van der Waals surface area contributed by atoms with Gasteiger partial charge in [0.2, 0.25) is 23.6 Å². The number of hydrogen-bond donors (Lipinski definition) is 7. The molecule has 7 N–H and O–H groups in total. The Morgan fingerprint density at radius 2 is 1.25 bits per heavy atom. The second-order valence-corrected chi connectivity index (χ2v) is 18.0. The van der Waals surface area contributed by atoms with Gasteiger partial charge in [-0.1, -0.05) is 74.5 Å². The number of carbonyl (C=O) groups is 7. The monoisotopic (exact) mass is 898 g/mol. The second kappa shape index (κ2) is 22.6. The fraction of sp³-hybridized carbons (Fsp3) is 0.578. The first-order chi connectivity index (χ1) is 30.1. The van der Waals surface area contributed by atoms with Crippen molar-refractivity contribution in [2.24, 2.45) is 11.3 Å². The maximum absolute atomic E-state index is 15.9. The number of likely N-dealkylation sites (tertiary alicyclic amines) is 2. The Labute approximate surface area is 373 Å². The van der Waals surface area contributed by atoms with Gasteiger partial charge in [0.25, 0.3) is 5.92 Å². The molecule has 64 heavy (non-hydrogen) atoms. The number of halogens is 2. The van der Waals surface area contributed by atoms with Gasteiger partial charge in [0.05, 0.1) is 12.0 Å². The number of hydrogen-bond acceptors (Lipinski definition) is 8. The second-order valence-electron chi connectivity index (χ2n) is 18.0. The number of piperidine rings is 1. The molecular weight excluding hydrogens is 835 g/mol. The highest BCUT2D eigenvalue weighted by Crippen LogP contribution is 2.50. The molecule has 2 fully saturated rings. The minimum absolute atomic E-state index is 0.00660. The van der Waals surface area contributed by atoms with Gasteiger partial charge in [0.1, 0.15) is 29.8 Å². The van der Waals surface area contributed by atoms with Gasteiger partial charge in [-0.15, -0.1) is 0 Å². The van der Waals surface area contributed by atoms with E-state index in [2.05, 4.69) is 31.9 Å². The van der Waals surface area contributed by atoms with Crippen LogP contribution in [0.5, 0.6) is 0 Å². The molecule has 0 radical (unpaired) electrons. The molecule has 2 aromatic rings. The van der Waals surface area contributed by atoms with Crippen LogP contribution in [-0.4, -0.2) is 132 Å². The first-order valence-electron chi connectivity index (χ1n) is 21.7. The number of unbranched alkanes of at least 4 members (excludes halogenated alkanes) is 1. The summed E-state index contributed by atoms with van der Waals surface area (Å²) in [5, 5.41) is 25.0. The van der Waals surface area contributed by atoms with Crippen LogP contribution < -0.4 is 31.9 Å². The molecule has 4 atom stereocenters. The molecule has 0 unspecified atom stereocenters. The molecule has 4 rings (SSSR count). The lowest BCUT2D eigenvalue weighted by Gasteiger charge is -2.57. The van der Waals surface area contributed by atoms with Crippen LogP contribution in [0.15, 0.2) is 60.7 Å². The molecule has 17 nitrogen and oxygen atoms in total. The van der Waals surface area contributed by atoms with Crippen LogP contribution in [0.4, 0.5) is 23.2 Å². The summed E-state index contributed by atoms with van der Waals surface area (Å²) in [4.78, 5) is 94.7. The third-order valence-corrected chi connectivity index (χ3v) is 11.2. The van der Waals surface area contributed by atoms with E-state index >= 15 is 8.78 Å². The molecule has 2 aromatic carbocycles. The van der Waals surface area contributed by atoms with E-state index in [0.29, 0.717) is 17.5 Å². The topological polar surface area (TPSA) is 228 Å². The van der Waals surface area contributed by atoms with Crippen molar-refractivity contribution in [2.45, 2.75) is 115 Å². The number of alkyl carbamates (subject to hydrolysis) is 1. The van der Waals surface area contributed by atoms with Gasteiger partial charge in [0.15, 0.2) is 0 Å². The van der Waals surface area contributed by atoms with Crippen molar-refractivity contribution in [2.75, 3.05) is 39.8 Å². The minimum atomic E-state index is -3.34. The molecular formula is C45H64F2N8O9. The fourth-order valence-corrected chi connectivity index (χ4v) is 7.82. The maximum Gasteiger partial charge on any atom is 0.407 e. The summed E-state index contributed by atoms with van der Waals surface area (Å²) in [6.45, 7) is 7.66. The van der Waals surface area contributed by atoms with Crippen molar-refractivity contribution < 1.29 is 52.2 Å². The summed E-state index contributed by atoms with van der Waals surface area (Å²) in [5.41, 5.74) is -0.889. The van der Waals surface area contributed by atoms with E-state index in [1.165, 1.54) is 11.9 Å². The maximum atomic E-state index is 15.9. The molecule has 2 heterocycles. The molecule has 2 aliphatic heterocycles. The van der Waals surface area contributed by atoms with Crippen LogP contribution in [0.2, 0.25) is 0 Å². The molecule has 1 spiro atoms. The number of nitrogens with zero attached hydrogens (tertiary/aromatic N) is 2. The Balaban J connectivity index is 1.54. The van der Waals surface area contributed by atoms with Crippen molar-refractivity contribution >= 4 is 41.8 Å². The third-order valence-electron chi connectivity index (χ3n) is 11.2. The summed E-state index contributed by atoms with van der Waals surface area (Å²) in [7, 11) is 1.41. The number of benzene rings is 2. The molecule has 8 amide bonds. The smallest absolute Gasteiger partial charge is 0.407 e. The molecule has 0 saturated carbocycles. The number of rotatable bonds is 19. The summed E-state index contributed by atoms with van der Waals surface area (Å²) in [6.07, 6.45) is -1.46. The number of carboxylic acid groups (broad SMARTS) is 1. The molecule has 19 heteroatoms. The quantitative estimate of drug-likeness (QED) is 0.102. The van der Waals surface area contributed by atoms with E-state index in [1.807, 2.05) is 13.8 Å². The molecule has 2 saturated heterocycles. The first kappa shape index (κ1) is 50.6. The SMILES string of the molecule is CNC(=O)N1CC2(CCN(C(=O)[C@@H](CCCCNC(=O)OC(C)(C)C)NC(=O)[C@@H](CC(C)C)NC(=O)[C@@H](Cc3ccccc3)NC(=O)[C@@H](Cc3ccccc3)NC(=O)O)CC2(F)F)C1. The van der Waals surface area contributed by atoms with Crippen molar-refractivity contribution in [1.82, 2.24) is 41.7 Å². The van der Waals surface area contributed by atoms with Gasteiger partial charge < -0.3 is 51.5 Å². The zero-order valence-electron chi connectivity index (χ0n) is 37.5. The van der Waals surface area contributed by atoms with Gasteiger partial charge in [-0.05, 0) is 69.9 Å². The van der Waals surface area contributed by atoms with Crippen LogP contribution >= 0.6 is 0 Å². The Kier molecular flexibility index (Phi) is 17.8.